The molecule has 82 valence electrons. The average molecular weight is 207 g/mol. The first-order valence-corrected chi connectivity index (χ1v) is 5.14. The minimum atomic E-state index is -0.866. The summed E-state index contributed by atoms with van der Waals surface area (Å²) in [4.78, 5) is 12.9. The van der Waals surface area contributed by atoms with Crippen LogP contribution in [0.3, 0.4) is 0 Å². The van der Waals surface area contributed by atoms with Crippen molar-refractivity contribution in [2.24, 2.45) is 0 Å². The van der Waals surface area contributed by atoms with Crippen LogP contribution in [0.5, 0.6) is 0 Å². The van der Waals surface area contributed by atoms with E-state index in [-0.39, 0.29) is 0 Å². The van der Waals surface area contributed by atoms with Crippen molar-refractivity contribution in [3.63, 3.8) is 0 Å². The third-order valence-electron chi connectivity index (χ3n) is 2.23. The summed E-state index contributed by atoms with van der Waals surface area (Å²) in [7, 11) is 2.04. The second-order valence-electron chi connectivity index (χ2n) is 3.74. The predicted octanol–water partition coefficient (Wildman–Crippen LogP) is 2.23. The highest BCUT2D eigenvalue weighted by Gasteiger charge is 2.04. The first-order valence-electron chi connectivity index (χ1n) is 5.14. The number of carboxylic acid groups (broad SMARTS) is 1. The van der Waals surface area contributed by atoms with Crippen LogP contribution >= 0.6 is 0 Å². The van der Waals surface area contributed by atoms with E-state index in [1.807, 2.05) is 13.1 Å². The van der Waals surface area contributed by atoms with Crippen LogP contribution in [0.4, 0.5) is 0 Å². The number of aromatic carboxylic acids is 1. The third-order valence-corrected chi connectivity index (χ3v) is 2.23. The van der Waals surface area contributed by atoms with Crippen LogP contribution in [0.25, 0.3) is 0 Å². The van der Waals surface area contributed by atoms with Gasteiger partial charge in [0, 0.05) is 6.54 Å². The van der Waals surface area contributed by atoms with E-state index < -0.39 is 5.97 Å². The van der Waals surface area contributed by atoms with Crippen molar-refractivity contribution in [1.82, 2.24) is 4.90 Å². The molecule has 0 amide bonds. The zero-order valence-corrected chi connectivity index (χ0v) is 9.23. The maximum Gasteiger partial charge on any atom is 0.335 e. The molecule has 0 fully saturated rings. The van der Waals surface area contributed by atoms with Gasteiger partial charge in [0.15, 0.2) is 0 Å². The molecule has 0 unspecified atom stereocenters. The van der Waals surface area contributed by atoms with E-state index in [0.29, 0.717) is 5.56 Å². The maximum atomic E-state index is 10.8. The first-order chi connectivity index (χ1) is 7.13. The lowest BCUT2D eigenvalue weighted by molar-refractivity contribution is 0.0696. The second-order valence-corrected chi connectivity index (χ2v) is 3.74. The Labute approximate surface area is 90.3 Å². The van der Waals surface area contributed by atoms with E-state index in [1.165, 1.54) is 0 Å². The Bertz CT molecular complexity index is 336. The van der Waals surface area contributed by atoms with Gasteiger partial charge in [-0.25, -0.2) is 4.79 Å². The molecule has 1 aromatic rings. The highest BCUT2D eigenvalue weighted by molar-refractivity contribution is 5.87. The van der Waals surface area contributed by atoms with Crippen LogP contribution in [-0.2, 0) is 6.54 Å². The lowest BCUT2D eigenvalue weighted by Gasteiger charge is -2.15. The summed E-state index contributed by atoms with van der Waals surface area (Å²) in [5.41, 5.74) is 1.41. The average Bonchev–Trinajstić information content (AvgIpc) is 2.18. The Morgan fingerprint density at radius 3 is 2.80 bits per heavy atom. The lowest BCUT2D eigenvalue weighted by Crippen LogP contribution is -2.18. The number of carbonyl (C=O) groups is 1. The van der Waals surface area contributed by atoms with Gasteiger partial charge in [0.1, 0.15) is 0 Å². The van der Waals surface area contributed by atoms with Gasteiger partial charge in [0.25, 0.3) is 0 Å². The molecule has 0 spiro atoms. The van der Waals surface area contributed by atoms with Crippen LogP contribution in [0, 0.1) is 0 Å². The van der Waals surface area contributed by atoms with E-state index in [4.69, 9.17) is 5.11 Å². The fourth-order valence-electron chi connectivity index (χ4n) is 1.58. The Hall–Kier alpha value is -1.35. The normalized spacial score (nSPS) is 10.6. The summed E-state index contributed by atoms with van der Waals surface area (Å²) in [5.74, 6) is -0.866. The molecule has 0 radical (unpaired) electrons. The topological polar surface area (TPSA) is 40.5 Å². The van der Waals surface area contributed by atoms with Crippen molar-refractivity contribution >= 4 is 5.97 Å². The predicted molar refractivity (Wildman–Crippen MR) is 60.0 cm³/mol. The molecule has 0 aliphatic carbocycles. The van der Waals surface area contributed by atoms with Crippen LogP contribution in [-0.4, -0.2) is 29.6 Å². The number of hydrogen-bond acceptors (Lipinski definition) is 2. The van der Waals surface area contributed by atoms with Crippen molar-refractivity contribution in [2.75, 3.05) is 13.6 Å². The smallest absolute Gasteiger partial charge is 0.335 e. The lowest BCUT2D eigenvalue weighted by atomic mass is 10.1. The molecule has 3 heteroatoms. The standard InChI is InChI=1S/C12H17NO2/c1-3-7-13(2)9-10-5-4-6-11(8-10)12(14)15/h4-6,8H,3,7,9H2,1-2H3,(H,14,15). The summed E-state index contributed by atoms with van der Waals surface area (Å²) in [6, 6.07) is 7.09. The molecule has 0 saturated heterocycles. The molecule has 3 nitrogen and oxygen atoms in total. The number of hydrogen-bond donors (Lipinski definition) is 1. The monoisotopic (exact) mass is 207 g/mol. The van der Waals surface area contributed by atoms with Gasteiger partial charge in [-0.15, -0.1) is 0 Å². The minimum absolute atomic E-state index is 0.359. The van der Waals surface area contributed by atoms with Crippen molar-refractivity contribution in [2.45, 2.75) is 19.9 Å². The van der Waals surface area contributed by atoms with Crippen LogP contribution in [0.15, 0.2) is 24.3 Å². The molecule has 0 heterocycles. The minimum Gasteiger partial charge on any atom is -0.478 e. The van der Waals surface area contributed by atoms with Gasteiger partial charge in [-0.2, -0.15) is 0 Å². The molecular formula is C12H17NO2. The van der Waals surface area contributed by atoms with E-state index in [1.54, 1.807) is 18.2 Å². The quantitative estimate of drug-likeness (QED) is 0.804. The summed E-state index contributed by atoms with van der Waals surface area (Å²) in [6.07, 6.45) is 1.11. The molecule has 0 aliphatic rings. The second kappa shape index (κ2) is 5.51. The van der Waals surface area contributed by atoms with Gasteiger partial charge in [-0.3, -0.25) is 0 Å². The fraction of sp³-hybridized carbons (Fsp3) is 0.417. The summed E-state index contributed by atoms with van der Waals surface area (Å²) in [6.45, 7) is 3.95. The van der Waals surface area contributed by atoms with Gasteiger partial charge in [0.05, 0.1) is 5.56 Å². The van der Waals surface area contributed by atoms with Crippen LogP contribution in [0.1, 0.15) is 29.3 Å². The molecule has 0 aromatic heterocycles. The molecule has 0 aliphatic heterocycles. The largest absolute Gasteiger partial charge is 0.478 e. The number of rotatable bonds is 5. The molecule has 0 bridgehead atoms. The van der Waals surface area contributed by atoms with Crippen LogP contribution < -0.4 is 0 Å². The molecule has 1 N–H and O–H groups in total. The molecule has 15 heavy (non-hydrogen) atoms. The van der Waals surface area contributed by atoms with Crippen molar-refractivity contribution in [3.05, 3.63) is 35.4 Å². The number of nitrogens with zero attached hydrogens (tertiary/aromatic N) is 1. The highest BCUT2D eigenvalue weighted by atomic mass is 16.4. The Kier molecular flexibility index (Phi) is 4.31. The summed E-state index contributed by atoms with van der Waals surface area (Å²) in [5, 5.41) is 8.83. The molecular weight excluding hydrogens is 190 g/mol. The van der Waals surface area contributed by atoms with Gasteiger partial charge in [-0.1, -0.05) is 19.1 Å². The van der Waals surface area contributed by atoms with Gasteiger partial charge in [0.2, 0.25) is 0 Å². The summed E-state index contributed by atoms with van der Waals surface area (Å²) >= 11 is 0. The number of carboxylic acids is 1. The maximum absolute atomic E-state index is 10.8. The first kappa shape index (κ1) is 11.7. The zero-order valence-electron chi connectivity index (χ0n) is 9.23. The third kappa shape index (κ3) is 3.72. The zero-order chi connectivity index (χ0) is 11.3. The van der Waals surface area contributed by atoms with Crippen molar-refractivity contribution in [3.8, 4) is 0 Å². The molecule has 1 aromatic carbocycles. The highest BCUT2D eigenvalue weighted by Crippen LogP contribution is 2.07. The van der Waals surface area contributed by atoms with E-state index in [2.05, 4.69) is 11.8 Å². The Morgan fingerprint density at radius 2 is 2.20 bits per heavy atom. The van der Waals surface area contributed by atoms with Gasteiger partial charge < -0.3 is 10.0 Å². The van der Waals surface area contributed by atoms with Gasteiger partial charge in [-0.05, 0) is 37.7 Å². The summed E-state index contributed by atoms with van der Waals surface area (Å²) < 4.78 is 0. The molecule has 0 atom stereocenters. The van der Waals surface area contributed by atoms with Crippen molar-refractivity contribution < 1.29 is 9.90 Å². The molecule has 0 saturated carbocycles. The van der Waals surface area contributed by atoms with Crippen molar-refractivity contribution in [1.29, 1.82) is 0 Å². The number of benzene rings is 1. The van der Waals surface area contributed by atoms with E-state index in [0.717, 1.165) is 25.1 Å². The Balaban J connectivity index is 2.69. The fourth-order valence-corrected chi connectivity index (χ4v) is 1.58. The van der Waals surface area contributed by atoms with Gasteiger partial charge >= 0.3 is 5.97 Å². The van der Waals surface area contributed by atoms with E-state index >= 15 is 0 Å². The van der Waals surface area contributed by atoms with E-state index in [9.17, 15) is 4.79 Å². The molecule has 1 rings (SSSR count). The SMILES string of the molecule is CCCN(C)Cc1cccc(C(=O)O)c1. The Morgan fingerprint density at radius 1 is 1.47 bits per heavy atom. The van der Waals surface area contributed by atoms with Crippen LogP contribution in [0.2, 0.25) is 0 Å².